The number of rotatable bonds is 5. The molecule has 0 spiro atoms. The summed E-state index contributed by atoms with van der Waals surface area (Å²) >= 11 is 0. The first-order valence-electron chi connectivity index (χ1n) is 5.86. The Hall–Kier alpha value is -0.910. The van der Waals surface area contributed by atoms with Gasteiger partial charge < -0.3 is 4.74 Å². The zero-order chi connectivity index (χ0) is 11.4. The fourth-order valence-corrected chi connectivity index (χ4v) is 2.25. The first kappa shape index (κ1) is 11.6. The quantitative estimate of drug-likeness (QED) is 0.560. The Morgan fingerprint density at radius 2 is 2.62 bits per heavy atom. The normalized spacial score (nSPS) is 22.5. The van der Waals surface area contributed by atoms with E-state index in [4.69, 9.17) is 10.6 Å². The van der Waals surface area contributed by atoms with E-state index in [2.05, 4.69) is 10.5 Å². The highest BCUT2D eigenvalue weighted by molar-refractivity contribution is 5.00. The summed E-state index contributed by atoms with van der Waals surface area (Å²) in [4.78, 5) is 0. The van der Waals surface area contributed by atoms with Crippen molar-refractivity contribution in [1.82, 2.24) is 15.2 Å². The minimum Gasteiger partial charge on any atom is -0.377 e. The molecule has 0 bridgehead atoms. The summed E-state index contributed by atoms with van der Waals surface area (Å²) < 4.78 is 7.55. The molecule has 16 heavy (non-hydrogen) atoms. The van der Waals surface area contributed by atoms with Crippen LogP contribution in [0.15, 0.2) is 12.3 Å². The van der Waals surface area contributed by atoms with Crippen LogP contribution in [0.4, 0.5) is 0 Å². The van der Waals surface area contributed by atoms with Gasteiger partial charge in [0.25, 0.3) is 0 Å². The van der Waals surface area contributed by atoms with E-state index in [-0.39, 0.29) is 12.1 Å². The predicted molar refractivity (Wildman–Crippen MR) is 61.6 cm³/mol. The van der Waals surface area contributed by atoms with Gasteiger partial charge in [-0.25, -0.2) is 0 Å². The monoisotopic (exact) mass is 224 g/mol. The molecule has 1 aliphatic rings. The average molecular weight is 224 g/mol. The Labute approximate surface area is 95.9 Å². The van der Waals surface area contributed by atoms with Crippen LogP contribution in [0.3, 0.4) is 0 Å². The van der Waals surface area contributed by atoms with Crippen LogP contribution in [0.5, 0.6) is 0 Å². The highest BCUT2D eigenvalue weighted by Gasteiger charge is 2.24. The Kier molecular flexibility index (Phi) is 3.93. The molecule has 2 heterocycles. The summed E-state index contributed by atoms with van der Waals surface area (Å²) in [5.74, 6) is 5.58. The Morgan fingerprint density at radius 3 is 3.19 bits per heavy atom. The van der Waals surface area contributed by atoms with Crippen molar-refractivity contribution in [1.29, 1.82) is 0 Å². The number of hydrazine groups is 1. The number of hydrogen-bond acceptors (Lipinski definition) is 4. The van der Waals surface area contributed by atoms with E-state index in [1.54, 1.807) is 0 Å². The standard InChI is InChI=1S/C11H20N4O/c1-15-9(6-7-13-15)4-5-10(14-12)11-3-2-8-16-11/h6-7,10-11,14H,2-5,8,12H2,1H3. The van der Waals surface area contributed by atoms with Gasteiger partial charge in [-0.05, 0) is 31.7 Å². The number of nitrogens with zero attached hydrogens (tertiary/aromatic N) is 2. The van der Waals surface area contributed by atoms with Gasteiger partial charge in [-0.1, -0.05) is 0 Å². The van der Waals surface area contributed by atoms with E-state index in [9.17, 15) is 0 Å². The fraction of sp³-hybridized carbons (Fsp3) is 0.727. The molecule has 1 aromatic rings. The van der Waals surface area contributed by atoms with Gasteiger partial charge in [0.2, 0.25) is 0 Å². The fourth-order valence-electron chi connectivity index (χ4n) is 2.25. The van der Waals surface area contributed by atoms with E-state index in [1.165, 1.54) is 5.69 Å². The Morgan fingerprint density at radius 1 is 1.75 bits per heavy atom. The highest BCUT2D eigenvalue weighted by atomic mass is 16.5. The van der Waals surface area contributed by atoms with E-state index < -0.39 is 0 Å². The molecule has 2 rings (SSSR count). The third-order valence-corrected chi connectivity index (χ3v) is 3.26. The number of aromatic nitrogens is 2. The van der Waals surface area contributed by atoms with Crippen LogP contribution < -0.4 is 11.3 Å². The SMILES string of the molecule is Cn1nccc1CCC(NN)C1CCCO1. The molecule has 0 aromatic carbocycles. The lowest BCUT2D eigenvalue weighted by atomic mass is 10.0. The van der Waals surface area contributed by atoms with E-state index in [0.717, 1.165) is 32.3 Å². The van der Waals surface area contributed by atoms with Crippen molar-refractivity contribution < 1.29 is 4.74 Å². The molecule has 1 aliphatic heterocycles. The molecular formula is C11H20N4O. The summed E-state index contributed by atoms with van der Waals surface area (Å²) in [6, 6.07) is 2.29. The molecule has 0 aliphatic carbocycles. The average Bonchev–Trinajstić information content (AvgIpc) is 2.92. The second-order valence-electron chi connectivity index (χ2n) is 4.31. The maximum absolute atomic E-state index is 5.64. The van der Waals surface area contributed by atoms with Gasteiger partial charge >= 0.3 is 0 Å². The van der Waals surface area contributed by atoms with Gasteiger partial charge in [-0.3, -0.25) is 16.0 Å². The van der Waals surface area contributed by atoms with Gasteiger partial charge in [0, 0.05) is 31.6 Å². The van der Waals surface area contributed by atoms with Crippen LogP contribution in [-0.4, -0.2) is 28.5 Å². The van der Waals surface area contributed by atoms with Crippen molar-refractivity contribution in [2.24, 2.45) is 12.9 Å². The molecule has 0 amide bonds. The third-order valence-electron chi connectivity index (χ3n) is 3.26. The van der Waals surface area contributed by atoms with Crippen LogP contribution in [0.25, 0.3) is 0 Å². The lowest BCUT2D eigenvalue weighted by Gasteiger charge is -2.21. The van der Waals surface area contributed by atoms with Crippen molar-refractivity contribution in [3.8, 4) is 0 Å². The van der Waals surface area contributed by atoms with E-state index >= 15 is 0 Å². The molecule has 2 atom stereocenters. The second-order valence-corrected chi connectivity index (χ2v) is 4.31. The molecule has 0 radical (unpaired) electrons. The lowest BCUT2D eigenvalue weighted by Crippen LogP contribution is -2.44. The number of ether oxygens (including phenoxy) is 1. The number of nitrogens with two attached hydrogens (primary N) is 1. The molecule has 3 N–H and O–H groups in total. The highest BCUT2D eigenvalue weighted by Crippen LogP contribution is 2.18. The van der Waals surface area contributed by atoms with Crippen LogP contribution in [0.1, 0.15) is 25.0 Å². The predicted octanol–water partition coefficient (Wildman–Crippen LogP) is 0.364. The van der Waals surface area contributed by atoms with Crippen LogP contribution in [0.2, 0.25) is 0 Å². The van der Waals surface area contributed by atoms with Crippen molar-refractivity contribution >= 4 is 0 Å². The molecule has 5 heteroatoms. The molecule has 1 aromatic heterocycles. The third kappa shape index (κ3) is 2.61. The smallest absolute Gasteiger partial charge is 0.0742 e. The van der Waals surface area contributed by atoms with E-state index in [1.807, 2.05) is 24.0 Å². The maximum atomic E-state index is 5.64. The summed E-state index contributed by atoms with van der Waals surface area (Å²) in [6.45, 7) is 0.870. The van der Waals surface area contributed by atoms with Crippen molar-refractivity contribution in [3.05, 3.63) is 18.0 Å². The van der Waals surface area contributed by atoms with Crippen LogP contribution in [-0.2, 0) is 18.2 Å². The number of nitrogens with one attached hydrogen (secondary N) is 1. The van der Waals surface area contributed by atoms with Gasteiger partial charge in [-0.2, -0.15) is 5.10 Å². The molecule has 0 saturated carbocycles. The van der Waals surface area contributed by atoms with Gasteiger partial charge in [0.05, 0.1) is 6.10 Å². The first-order valence-corrected chi connectivity index (χ1v) is 5.86. The van der Waals surface area contributed by atoms with Gasteiger partial charge in [-0.15, -0.1) is 0 Å². The number of hydrogen-bond donors (Lipinski definition) is 2. The minimum absolute atomic E-state index is 0.248. The van der Waals surface area contributed by atoms with Crippen LogP contribution in [0, 0.1) is 0 Å². The minimum atomic E-state index is 0.248. The second kappa shape index (κ2) is 5.43. The van der Waals surface area contributed by atoms with Crippen molar-refractivity contribution in [3.63, 3.8) is 0 Å². The zero-order valence-corrected chi connectivity index (χ0v) is 9.72. The van der Waals surface area contributed by atoms with Gasteiger partial charge in [0.15, 0.2) is 0 Å². The lowest BCUT2D eigenvalue weighted by molar-refractivity contribution is 0.0756. The number of aryl methyl sites for hydroxylation is 2. The maximum Gasteiger partial charge on any atom is 0.0742 e. The van der Waals surface area contributed by atoms with Crippen molar-refractivity contribution in [2.45, 2.75) is 37.8 Å². The summed E-state index contributed by atoms with van der Waals surface area (Å²) in [5, 5.41) is 4.15. The van der Waals surface area contributed by atoms with E-state index in [0.29, 0.717) is 0 Å². The zero-order valence-electron chi connectivity index (χ0n) is 9.72. The van der Waals surface area contributed by atoms with Crippen LogP contribution >= 0.6 is 0 Å². The summed E-state index contributed by atoms with van der Waals surface area (Å²) in [7, 11) is 1.96. The molecule has 5 nitrogen and oxygen atoms in total. The first-order chi connectivity index (χ1) is 7.81. The van der Waals surface area contributed by atoms with Gasteiger partial charge in [0.1, 0.15) is 0 Å². The molecule has 1 saturated heterocycles. The Bertz CT molecular complexity index is 320. The summed E-state index contributed by atoms with van der Waals surface area (Å²) in [5.41, 5.74) is 4.11. The molecular weight excluding hydrogens is 204 g/mol. The topological polar surface area (TPSA) is 65.1 Å². The Balaban J connectivity index is 1.85. The van der Waals surface area contributed by atoms with Crippen molar-refractivity contribution in [2.75, 3.05) is 6.61 Å². The molecule has 1 fully saturated rings. The molecule has 2 unspecified atom stereocenters. The summed E-state index contributed by atoms with van der Waals surface area (Å²) in [6.07, 6.45) is 6.32. The molecule has 90 valence electrons. The largest absolute Gasteiger partial charge is 0.377 e.